The molecule has 0 unspecified atom stereocenters. The molecule has 1 aliphatic heterocycles. The molecular weight excluding hydrogens is 389 g/mol. The van der Waals surface area contributed by atoms with E-state index >= 15 is 0 Å². The molecule has 1 heterocycles. The van der Waals surface area contributed by atoms with Crippen molar-refractivity contribution in [2.24, 2.45) is 0 Å². The molecule has 0 bridgehead atoms. The molecule has 0 spiro atoms. The minimum absolute atomic E-state index is 0.559. The van der Waals surface area contributed by atoms with Gasteiger partial charge in [0.05, 0.1) is 0 Å². The normalized spacial score (nSPS) is 37.5. The van der Waals surface area contributed by atoms with Crippen LogP contribution in [0.1, 0.15) is 0 Å². The van der Waals surface area contributed by atoms with Crippen LogP contribution in [0.5, 0.6) is 0 Å². The summed E-state index contributed by atoms with van der Waals surface area (Å²) in [5.41, 5.74) is 0. The van der Waals surface area contributed by atoms with Gasteiger partial charge in [-0.2, -0.15) is 0 Å². The predicted molar refractivity (Wildman–Crippen MR) is 48.5 cm³/mol. The van der Waals surface area contributed by atoms with Crippen molar-refractivity contribution < 1.29 is 10.2 Å². The van der Waals surface area contributed by atoms with Gasteiger partial charge < -0.3 is 0 Å². The average Bonchev–Trinajstić information content (AvgIpc) is 2.04. The van der Waals surface area contributed by atoms with Gasteiger partial charge in [0.1, 0.15) is 0 Å². The maximum absolute atomic E-state index is 9.17. The van der Waals surface area contributed by atoms with Gasteiger partial charge in [-0.3, -0.25) is 0 Å². The summed E-state index contributed by atoms with van der Waals surface area (Å²) in [6.07, 6.45) is -1.12. The van der Waals surface area contributed by atoms with Crippen LogP contribution in [-0.2, 0) is 0 Å². The van der Waals surface area contributed by atoms with Crippen LogP contribution >= 0.6 is 25.5 Å². The molecule has 60 valence electrons. The first-order chi connectivity index (χ1) is 4.70. The van der Waals surface area contributed by atoms with Crippen LogP contribution < -0.4 is 0 Å². The Balaban J connectivity index is 2.38. The molecule has 1 saturated heterocycles. The average molecular weight is 397 g/mol. The molecule has 0 radical (unpaired) electrons. The molecule has 2 nitrogen and oxygen atoms in total. The van der Waals surface area contributed by atoms with Gasteiger partial charge in [0.15, 0.2) is 0 Å². The molecule has 2 atom stereocenters. The molecular formula is C4H8BiClO2S2. The molecule has 0 aromatic rings. The molecule has 0 aromatic carbocycles. The third-order valence-corrected chi connectivity index (χ3v) is 21.4. The van der Waals surface area contributed by atoms with E-state index in [1.165, 1.54) is 0 Å². The molecule has 1 rings (SSSR count). The SMILES string of the molecule is O[C@@H]1C[S][Bi]([Cl])[S]C[C@H]1O. The summed E-state index contributed by atoms with van der Waals surface area (Å²) in [5.74, 6) is 1.24. The van der Waals surface area contributed by atoms with Gasteiger partial charge in [0, 0.05) is 0 Å². The zero-order valence-electron chi connectivity index (χ0n) is 5.11. The summed E-state index contributed by atoms with van der Waals surface area (Å²) >= 11 is -1.80. The Kier molecular flexibility index (Phi) is 4.67. The molecule has 6 heteroatoms. The van der Waals surface area contributed by atoms with Gasteiger partial charge in [-0.05, 0) is 0 Å². The van der Waals surface area contributed by atoms with E-state index in [0.717, 1.165) is 0 Å². The monoisotopic (exact) mass is 396 g/mol. The zero-order valence-corrected chi connectivity index (χ0v) is 11.0. The van der Waals surface area contributed by atoms with E-state index in [2.05, 4.69) is 0 Å². The molecule has 1 aliphatic rings. The van der Waals surface area contributed by atoms with E-state index in [1.54, 1.807) is 17.0 Å². The number of aliphatic hydroxyl groups excluding tert-OH is 2. The number of hydrogen-bond acceptors (Lipinski definition) is 4. The molecule has 0 saturated carbocycles. The summed E-state index contributed by atoms with van der Waals surface area (Å²) < 4.78 is 0. The first kappa shape index (κ1) is 9.88. The number of aliphatic hydroxyl groups is 2. The Morgan fingerprint density at radius 3 is 2.00 bits per heavy atom. The van der Waals surface area contributed by atoms with Crippen molar-refractivity contribution >= 4 is 43.2 Å². The van der Waals surface area contributed by atoms with E-state index in [4.69, 9.17) is 18.7 Å². The number of halogens is 1. The van der Waals surface area contributed by atoms with Crippen molar-refractivity contribution in [2.75, 3.05) is 11.5 Å². The van der Waals surface area contributed by atoms with Crippen molar-refractivity contribution in [2.45, 2.75) is 12.2 Å². The second-order valence-corrected chi connectivity index (χ2v) is 25.7. The standard InChI is InChI=1S/C4H10O2S2.Bi.ClH/c5-3(1-7)4(6)2-8;;/h3-8H,1-2H2;;1H/q;+3;/p-3/t3-,4-;;/m1../s1. The second kappa shape index (κ2) is 4.73. The Labute approximate surface area is 76.4 Å². The predicted octanol–water partition coefficient (Wildman–Crippen LogP) is 0.412. The quantitative estimate of drug-likeness (QED) is 0.582. The van der Waals surface area contributed by atoms with Crippen molar-refractivity contribution in [3.8, 4) is 0 Å². The number of rotatable bonds is 0. The van der Waals surface area contributed by atoms with Crippen molar-refractivity contribution in [1.29, 1.82) is 0 Å². The number of hydrogen-bond donors (Lipinski definition) is 2. The Morgan fingerprint density at radius 2 is 1.60 bits per heavy atom. The molecule has 0 aromatic heterocycles. The van der Waals surface area contributed by atoms with Crippen LogP contribution in [0.25, 0.3) is 0 Å². The summed E-state index contributed by atoms with van der Waals surface area (Å²) in [7, 11) is 9.30. The topological polar surface area (TPSA) is 40.5 Å². The van der Waals surface area contributed by atoms with Gasteiger partial charge in [-0.25, -0.2) is 0 Å². The van der Waals surface area contributed by atoms with Crippen LogP contribution in [0, 0.1) is 0 Å². The van der Waals surface area contributed by atoms with Gasteiger partial charge >= 0.3 is 77.1 Å². The summed E-state index contributed by atoms with van der Waals surface area (Å²) in [5, 5.41) is 18.3. The molecule has 0 aliphatic carbocycles. The van der Waals surface area contributed by atoms with E-state index in [9.17, 15) is 0 Å². The fourth-order valence-corrected chi connectivity index (χ4v) is 16.9. The van der Waals surface area contributed by atoms with Crippen LogP contribution in [0.2, 0.25) is 0 Å². The van der Waals surface area contributed by atoms with E-state index < -0.39 is 29.8 Å². The summed E-state index contributed by atoms with van der Waals surface area (Å²) in [6.45, 7) is 0. The summed E-state index contributed by atoms with van der Waals surface area (Å²) in [4.78, 5) is 0. The molecule has 2 N–H and O–H groups in total. The third-order valence-electron chi connectivity index (χ3n) is 1.14. The van der Waals surface area contributed by atoms with Crippen LogP contribution in [0.15, 0.2) is 0 Å². The fraction of sp³-hybridized carbons (Fsp3) is 1.00. The van der Waals surface area contributed by atoms with E-state index in [1.807, 2.05) is 0 Å². The Morgan fingerprint density at radius 1 is 1.20 bits per heavy atom. The van der Waals surface area contributed by atoms with E-state index in [-0.39, 0.29) is 0 Å². The van der Waals surface area contributed by atoms with Crippen LogP contribution in [0.4, 0.5) is 0 Å². The maximum atomic E-state index is 9.17. The van der Waals surface area contributed by atoms with Gasteiger partial charge in [0.2, 0.25) is 0 Å². The summed E-state index contributed by atoms with van der Waals surface area (Å²) in [6, 6.07) is 0. The van der Waals surface area contributed by atoms with Crippen molar-refractivity contribution in [3.63, 3.8) is 0 Å². The molecule has 0 amide bonds. The minimum atomic E-state index is -1.80. The zero-order chi connectivity index (χ0) is 7.56. The van der Waals surface area contributed by atoms with E-state index in [0.29, 0.717) is 11.5 Å². The molecule has 1 fully saturated rings. The third kappa shape index (κ3) is 3.04. The van der Waals surface area contributed by atoms with Gasteiger partial charge in [-0.1, -0.05) is 0 Å². The van der Waals surface area contributed by atoms with Crippen molar-refractivity contribution in [1.82, 2.24) is 0 Å². The van der Waals surface area contributed by atoms with Crippen molar-refractivity contribution in [3.05, 3.63) is 0 Å². The Hall–Kier alpha value is 1.79. The van der Waals surface area contributed by atoms with Gasteiger partial charge in [-0.15, -0.1) is 0 Å². The first-order valence-electron chi connectivity index (χ1n) is 2.78. The van der Waals surface area contributed by atoms with Crippen LogP contribution in [-0.4, -0.2) is 51.6 Å². The van der Waals surface area contributed by atoms with Crippen LogP contribution in [0.3, 0.4) is 0 Å². The fourth-order valence-electron chi connectivity index (χ4n) is 0.529. The molecule has 10 heavy (non-hydrogen) atoms. The second-order valence-electron chi connectivity index (χ2n) is 1.94. The first-order valence-corrected chi connectivity index (χ1v) is 17.5. The van der Waals surface area contributed by atoms with Gasteiger partial charge in [0.25, 0.3) is 0 Å². The Bertz CT molecular complexity index is 105.